The maximum absolute atomic E-state index is 13.1. The average Bonchev–Trinajstić information content (AvgIpc) is 2.42. The quantitative estimate of drug-likeness (QED) is 0.880. The minimum absolute atomic E-state index is 0.227. The average molecular weight is 330 g/mol. The van der Waals surface area contributed by atoms with E-state index >= 15 is 0 Å². The maximum Gasteiger partial charge on any atom is 0.137 e. The Kier molecular flexibility index (Phi) is 5.79. The highest BCUT2D eigenvalue weighted by Crippen LogP contribution is 2.23. The molecule has 0 radical (unpaired) electrons. The Bertz CT molecular complexity index is 405. The highest BCUT2D eigenvalue weighted by atomic mass is 79.9. The Morgan fingerprint density at radius 2 is 2.05 bits per heavy atom. The smallest absolute Gasteiger partial charge is 0.137 e. The minimum atomic E-state index is -0.227. The summed E-state index contributed by atoms with van der Waals surface area (Å²) in [6.45, 7) is 3.75. The van der Waals surface area contributed by atoms with Gasteiger partial charge < -0.3 is 10.1 Å². The molecule has 1 fully saturated rings. The Labute approximate surface area is 122 Å². The first-order valence-electron chi connectivity index (χ1n) is 6.98. The number of halogens is 2. The van der Waals surface area contributed by atoms with Gasteiger partial charge in [-0.1, -0.05) is 13.0 Å². The lowest BCUT2D eigenvalue weighted by molar-refractivity contribution is 0.0114. The molecule has 1 aliphatic rings. The van der Waals surface area contributed by atoms with Crippen LogP contribution < -0.4 is 5.32 Å². The van der Waals surface area contributed by atoms with Gasteiger partial charge in [-0.25, -0.2) is 4.39 Å². The van der Waals surface area contributed by atoms with Crippen LogP contribution in [0.1, 0.15) is 38.2 Å². The van der Waals surface area contributed by atoms with Gasteiger partial charge >= 0.3 is 0 Å². The van der Waals surface area contributed by atoms with Crippen LogP contribution >= 0.6 is 15.9 Å². The summed E-state index contributed by atoms with van der Waals surface area (Å²) >= 11 is 3.20. The van der Waals surface area contributed by atoms with Gasteiger partial charge in [0.25, 0.3) is 0 Å². The first-order chi connectivity index (χ1) is 9.19. The van der Waals surface area contributed by atoms with Crippen LogP contribution in [0.15, 0.2) is 22.7 Å². The first-order valence-corrected chi connectivity index (χ1v) is 7.77. The van der Waals surface area contributed by atoms with E-state index in [9.17, 15) is 4.39 Å². The maximum atomic E-state index is 13.1. The SMILES string of the molecule is CCNC1CCC(OCc2ccc(F)c(Br)c2)CC1. The van der Waals surface area contributed by atoms with Crippen molar-refractivity contribution in [1.82, 2.24) is 5.32 Å². The third-order valence-electron chi connectivity index (χ3n) is 3.64. The molecule has 0 aromatic heterocycles. The molecular weight excluding hydrogens is 309 g/mol. The van der Waals surface area contributed by atoms with Gasteiger partial charge in [-0.3, -0.25) is 0 Å². The van der Waals surface area contributed by atoms with Crippen LogP contribution in [0.25, 0.3) is 0 Å². The number of hydrogen-bond acceptors (Lipinski definition) is 2. The standard InChI is InChI=1S/C15H21BrFNO/c1-2-18-12-4-6-13(7-5-12)19-10-11-3-8-15(17)14(16)9-11/h3,8-9,12-13,18H,2,4-7,10H2,1H3. The topological polar surface area (TPSA) is 21.3 Å². The van der Waals surface area contributed by atoms with Crippen LogP contribution in [0.2, 0.25) is 0 Å². The van der Waals surface area contributed by atoms with E-state index in [0.29, 0.717) is 23.2 Å². The van der Waals surface area contributed by atoms with Crippen molar-refractivity contribution in [2.45, 2.75) is 51.4 Å². The molecule has 1 N–H and O–H groups in total. The second kappa shape index (κ2) is 7.36. The first kappa shape index (κ1) is 14.9. The van der Waals surface area contributed by atoms with Gasteiger partial charge in [0.15, 0.2) is 0 Å². The Hall–Kier alpha value is -0.450. The minimum Gasteiger partial charge on any atom is -0.374 e. The lowest BCUT2D eigenvalue weighted by atomic mass is 9.93. The number of rotatable bonds is 5. The Morgan fingerprint density at radius 3 is 2.68 bits per heavy atom. The van der Waals surface area contributed by atoms with Gasteiger partial charge in [0, 0.05) is 6.04 Å². The van der Waals surface area contributed by atoms with E-state index in [1.807, 2.05) is 0 Å². The fraction of sp³-hybridized carbons (Fsp3) is 0.600. The van der Waals surface area contributed by atoms with Crippen molar-refractivity contribution in [2.75, 3.05) is 6.54 Å². The van der Waals surface area contributed by atoms with Crippen LogP contribution in [0, 0.1) is 5.82 Å². The van der Waals surface area contributed by atoms with Crippen molar-refractivity contribution in [3.8, 4) is 0 Å². The molecule has 0 bridgehead atoms. The zero-order valence-electron chi connectivity index (χ0n) is 11.3. The fourth-order valence-corrected chi connectivity index (χ4v) is 2.99. The van der Waals surface area contributed by atoms with Crippen molar-refractivity contribution in [3.05, 3.63) is 34.1 Å². The normalized spacial score (nSPS) is 23.5. The van der Waals surface area contributed by atoms with Crippen LogP contribution in [0.5, 0.6) is 0 Å². The molecule has 1 aromatic rings. The van der Waals surface area contributed by atoms with Crippen molar-refractivity contribution in [3.63, 3.8) is 0 Å². The van der Waals surface area contributed by atoms with E-state index in [0.717, 1.165) is 24.9 Å². The van der Waals surface area contributed by atoms with Crippen LogP contribution in [0.4, 0.5) is 4.39 Å². The van der Waals surface area contributed by atoms with Crippen LogP contribution in [0.3, 0.4) is 0 Å². The second-order valence-corrected chi connectivity index (χ2v) is 5.95. The van der Waals surface area contributed by atoms with Crippen molar-refractivity contribution < 1.29 is 9.13 Å². The van der Waals surface area contributed by atoms with Gasteiger partial charge in [0.1, 0.15) is 5.82 Å². The molecule has 0 heterocycles. The molecule has 0 unspecified atom stereocenters. The third-order valence-corrected chi connectivity index (χ3v) is 4.24. The summed E-state index contributed by atoms with van der Waals surface area (Å²) in [5.74, 6) is -0.227. The molecule has 1 aliphatic carbocycles. The molecule has 0 aliphatic heterocycles. The number of nitrogens with one attached hydrogen (secondary N) is 1. The third kappa shape index (κ3) is 4.55. The Morgan fingerprint density at radius 1 is 1.32 bits per heavy atom. The number of ether oxygens (including phenoxy) is 1. The van der Waals surface area contributed by atoms with Crippen molar-refractivity contribution in [2.24, 2.45) is 0 Å². The molecule has 4 heteroatoms. The van der Waals surface area contributed by atoms with E-state index in [1.54, 1.807) is 12.1 Å². The highest BCUT2D eigenvalue weighted by Gasteiger charge is 2.20. The molecule has 1 aromatic carbocycles. The van der Waals surface area contributed by atoms with Gasteiger partial charge in [0.05, 0.1) is 17.2 Å². The monoisotopic (exact) mass is 329 g/mol. The number of benzene rings is 1. The summed E-state index contributed by atoms with van der Waals surface area (Å²) in [4.78, 5) is 0. The van der Waals surface area contributed by atoms with E-state index < -0.39 is 0 Å². The summed E-state index contributed by atoms with van der Waals surface area (Å²) in [5.41, 5.74) is 1.02. The lowest BCUT2D eigenvalue weighted by Crippen LogP contribution is -2.35. The van der Waals surface area contributed by atoms with Crippen LogP contribution in [-0.4, -0.2) is 18.7 Å². The van der Waals surface area contributed by atoms with Crippen LogP contribution in [-0.2, 0) is 11.3 Å². The molecule has 0 amide bonds. The molecule has 2 rings (SSSR count). The summed E-state index contributed by atoms with van der Waals surface area (Å²) in [6, 6.07) is 5.71. The van der Waals surface area contributed by atoms with E-state index in [-0.39, 0.29) is 5.82 Å². The molecule has 106 valence electrons. The highest BCUT2D eigenvalue weighted by molar-refractivity contribution is 9.10. The summed E-state index contributed by atoms with van der Waals surface area (Å²) in [5, 5.41) is 3.49. The van der Waals surface area contributed by atoms with Gasteiger partial charge in [-0.2, -0.15) is 0 Å². The van der Waals surface area contributed by atoms with Gasteiger partial charge in [-0.15, -0.1) is 0 Å². The van der Waals surface area contributed by atoms with Gasteiger partial charge in [-0.05, 0) is 65.9 Å². The largest absolute Gasteiger partial charge is 0.374 e. The molecule has 1 saturated carbocycles. The van der Waals surface area contributed by atoms with Crippen molar-refractivity contribution in [1.29, 1.82) is 0 Å². The fourth-order valence-electron chi connectivity index (χ4n) is 2.57. The second-order valence-electron chi connectivity index (χ2n) is 5.09. The molecular formula is C15H21BrFNO. The molecule has 2 nitrogen and oxygen atoms in total. The molecule has 19 heavy (non-hydrogen) atoms. The summed E-state index contributed by atoms with van der Waals surface area (Å²) < 4.78 is 19.5. The molecule has 0 spiro atoms. The van der Waals surface area contributed by atoms with E-state index in [1.165, 1.54) is 18.9 Å². The summed E-state index contributed by atoms with van der Waals surface area (Å²) in [6.07, 6.45) is 4.94. The zero-order valence-corrected chi connectivity index (χ0v) is 12.9. The predicted octanol–water partition coefficient (Wildman–Crippen LogP) is 4.03. The molecule has 0 saturated heterocycles. The summed E-state index contributed by atoms with van der Waals surface area (Å²) in [7, 11) is 0. The zero-order chi connectivity index (χ0) is 13.7. The van der Waals surface area contributed by atoms with E-state index in [2.05, 4.69) is 28.2 Å². The predicted molar refractivity (Wildman–Crippen MR) is 78.6 cm³/mol. The van der Waals surface area contributed by atoms with Gasteiger partial charge in [0.2, 0.25) is 0 Å². The van der Waals surface area contributed by atoms with Crippen molar-refractivity contribution >= 4 is 15.9 Å². The Balaban J connectivity index is 1.75. The lowest BCUT2D eigenvalue weighted by Gasteiger charge is -2.29. The van der Waals surface area contributed by atoms with E-state index in [4.69, 9.17) is 4.74 Å². The molecule has 0 atom stereocenters. The number of hydrogen-bond donors (Lipinski definition) is 1.